The van der Waals surface area contributed by atoms with Gasteiger partial charge in [-0.15, -0.1) is 0 Å². The van der Waals surface area contributed by atoms with Gasteiger partial charge in [-0.25, -0.2) is 4.98 Å². The van der Waals surface area contributed by atoms with Gasteiger partial charge in [0.25, 0.3) is 0 Å². The molecule has 2 heterocycles. The van der Waals surface area contributed by atoms with Crippen LogP contribution in [0.5, 0.6) is 0 Å². The minimum atomic E-state index is -0.000919. The molecule has 0 bridgehead atoms. The number of likely N-dealkylation sites (tertiary alicyclic amines) is 1. The van der Waals surface area contributed by atoms with E-state index in [2.05, 4.69) is 36.1 Å². The Kier molecular flexibility index (Phi) is 4.51. The minimum absolute atomic E-state index is 0.000919. The zero-order chi connectivity index (χ0) is 17.2. The van der Waals surface area contributed by atoms with Crippen LogP contribution in [0.1, 0.15) is 36.9 Å². The Morgan fingerprint density at radius 2 is 1.84 bits per heavy atom. The molecule has 0 amide bonds. The third kappa shape index (κ3) is 3.17. The van der Waals surface area contributed by atoms with Gasteiger partial charge in [0, 0.05) is 22.6 Å². The van der Waals surface area contributed by atoms with E-state index < -0.39 is 0 Å². The Morgan fingerprint density at radius 3 is 2.64 bits per heavy atom. The van der Waals surface area contributed by atoms with Crippen LogP contribution in [0.4, 0.5) is 0 Å². The van der Waals surface area contributed by atoms with Gasteiger partial charge in [0.15, 0.2) is 0 Å². The first-order valence-corrected chi connectivity index (χ1v) is 9.10. The van der Waals surface area contributed by atoms with Crippen LogP contribution in [0.15, 0.2) is 54.6 Å². The van der Waals surface area contributed by atoms with Crippen LogP contribution in [0, 0.1) is 0 Å². The maximum absolute atomic E-state index is 9.84. The van der Waals surface area contributed by atoms with Crippen molar-refractivity contribution in [3.8, 4) is 11.3 Å². The minimum Gasteiger partial charge on any atom is -0.392 e. The number of fused-ring (bicyclic) bond motifs is 1. The van der Waals surface area contributed by atoms with E-state index >= 15 is 0 Å². The molecule has 25 heavy (non-hydrogen) atoms. The summed E-state index contributed by atoms with van der Waals surface area (Å²) in [4.78, 5) is 7.38. The smallest absolute Gasteiger partial charge is 0.0764 e. The van der Waals surface area contributed by atoms with Crippen molar-refractivity contribution >= 4 is 10.9 Å². The SMILES string of the molecule is C[C@@H](c1cccc(-c2nc3ccccc3cc2CO)c1)N1CCCC1. The maximum Gasteiger partial charge on any atom is 0.0764 e. The fraction of sp³-hybridized carbons (Fsp3) is 0.318. The molecule has 0 saturated carbocycles. The van der Waals surface area contributed by atoms with Gasteiger partial charge in [-0.1, -0.05) is 36.4 Å². The molecule has 1 saturated heterocycles. The number of para-hydroxylation sites is 1. The van der Waals surface area contributed by atoms with Crippen LogP contribution >= 0.6 is 0 Å². The average molecular weight is 332 g/mol. The molecular formula is C22H24N2O. The molecule has 1 aliphatic rings. The van der Waals surface area contributed by atoms with Gasteiger partial charge in [-0.2, -0.15) is 0 Å². The second-order valence-electron chi connectivity index (χ2n) is 6.89. The summed E-state index contributed by atoms with van der Waals surface area (Å²) in [6, 6.07) is 19.2. The van der Waals surface area contributed by atoms with Crippen molar-refractivity contribution in [2.45, 2.75) is 32.4 Å². The molecule has 1 N–H and O–H groups in total. The zero-order valence-electron chi connectivity index (χ0n) is 14.7. The number of pyridine rings is 1. The average Bonchev–Trinajstić information content (AvgIpc) is 3.21. The van der Waals surface area contributed by atoms with Gasteiger partial charge in [0.05, 0.1) is 17.8 Å². The quantitative estimate of drug-likeness (QED) is 0.761. The summed E-state index contributed by atoms with van der Waals surface area (Å²) in [6.07, 6.45) is 2.59. The number of rotatable bonds is 4. The molecule has 4 rings (SSSR count). The lowest BCUT2D eigenvalue weighted by atomic mass is 9.99. The Hall–Kier alpha value is -2.23. The third-order valence-corrected chi connectivity index (χ3v) is 5.30. The number of hydrogen-bond acceptors (Lipinski definition) is 3. The molecule has 0 radical (unpaired) electrons. The van der Waals surface area contributed by atoms with Crippen molar-refractivity contribution in [3.05, 3.63) is 65.7 Å². The lowest BCUT2D eigenvalue weighted by Gasteiger charge is -2.24. The van der Waals surface area contributed by atoms with Crippen LogP contribution in [0.2, 0.25) is 0 Å². The van der Waals surface area contributed by atoms with Crippen molar-refractivity contribution in [3.63, 3.8) is 0 Å². The summed E-state index contributed by atoms with van der Waals surface area (Å²) >= 11 is 0. The first kappa shape index (κ1) is 16.2. The summed E-state index contributed by atoms with van der Waals surface area (Å²) in [7, 11) is 0. The first-order chi connectivity index (χ1) is 12.3. The number of nitrogens with zero attached hydrogens (tertiary/aromatic N) is 2. The van der Waals surface area contributed by atoms with Crippen molar-refractivity contribution in [2.75, 3.05) is 13.1 Å². The van der Waals surface area contributed by atoms with E-state index in [1.165, 1.54) is 31.5 Å². The normalized spacial score (nSPS) is 16.4. The van der Waals surface area contributed by atoms with E-state index in [0.717, 1.165) is 27.7 Å². The Morgan fingerprint density at radius 1 is 1.04 bits per heavy atom. The number of aliphatic hydroxyl groups excluding tert-OH is 1. The number of hydrogen-bond donors (Lipinski definition) is 1. The van der Waals surface area contributed by atoms with Gasteiger partial charge < -0.3 is 5.11 Å². The van der Waals surface area contributed by atoms with Crippen LogP contribution in [0.3, 0.4) is 0 Å². The standard InChI is InChI=1S/C22H24N2O/c1-16(24-11-4-5-12-24)17-8-6-9-19(13-17)22-20(15-25)14-18-7-2-3-10-21(18)23-22/h2-3,6-10,13-14,16,25H,4-5,11-12,15H2,1H3/t16-/m0/s1. The molecule has 2 aromatic carbocycles. The Balaban J connectivity index is 1.76. The highest BCUT2D eigenvalue weighted by atomic mass is 16.3. The molecule has 0 aliphatic carbocycles. The van der Waals surface area contributed by atoms with E-state index in [4.69, 9.17) is 4.98 Å². The summed E-state index contributed by atoms with van der Waals surface area (Å²) in [5.74, 6) is 0. The predicted octanol–water partition coefficient (Wildman–Crippen LogP) is 4.55. The van der Waals surface area contributed by atoms with Crippen LogP contribution in [0.25, 0.3) is 22.2 Å². The molecule has 1 aliphatic heterocycles. The van der Waals surface area contributed by atoms with Crippen molar-refractivity contribution in [1.29, 1.82) is 0 Å². The summed E-state index contributed by atoms with van der Waals surface area (Å²) in [5, 5.41) is 10.9. The molecule has 0 spiro atoms. The van der Waals surface area contributed by atoms with E-state index in [-0.39, 0.29) is 6.61 Å². The molecule has 3 aromatic rings. The first-order valence-electron chi connectivity index (χ1n) is 9.10. The Labute approximate surface area is 148 Å². The molecular weight excluding hydrogens is 308 g/mol. The van der Waals surface area contributed by atoms with Crippen LogP contribution in [-0.2, 0) is 6.61 Å². The van der Waals surface area contributed by atoms with Crippen molar-refractivity contribution in [1.82, 2.24) is 9.88 Å². The van der Waals surface area contributed by atoms with Gasteiger partial charge in [0.1, 0.15) is 0 Å². The zero-order valence-corrected chi connectivity index (χ0v) is 14.7. The second kappa shape index (κ2) is 6.95. The van der Waals surface area contributed by atoms with Gasteiger partial charge >= 0.3 is 0 Å². The Bertz CT molecular complexity index is 884. The molecule has 3 heteroatoms. The van der Waals surface area contributed by atoms with E-state index in [9.17, 15) is 5.11 Å². The monoisotopic (exact) mass is 332 g/mol. The molecule has 1 atom stereocenters. The summed E-state index contributed by atoms with van der Waals surface area (Å²) in [6.45, 7) is 4.65. The maximum atomic E-state index is 9.84. The van der Waals surface area contributed by atoms with Crippen molar-refractivity contribution < 1.29 is 5.11 Å². The number of aliphatic hydroxyl groups is 1. The largest absolute Gasteiger partial charge is 0.392 e. The number of aromatic nitrogens is 1. The molecule has 3 nitrogen and oxygen atoms in total. The van der Waals surface area contributed by atoms with Gasteiger partial charge in [0.2, 0.25) is 0 Å². The molecule has 1 aromatic heterocycles. The van der Waals surface area contributed by atoms with Crippen LogP contribution in [-0.4, -0.2) is 28.1 Å². The lowest BCUT2D eigenvalue weighted by Crippen LogP contribution is -2.23. The fourth-order valence-electron chi connectivity index (χ4n) is 3.82. The van der Waals surface area contributed by atoms with Crippen molar-refractivity contribution in [2.24, 2.45) is 0 Å². The summed E-state index contributed by atoms with van der Waals surface area (Å²) < 4.78 is 0. The topological polar surface area (TPSA) is 36.4 Å². The van der Waals surface area contributed by atoms with Gasteiger partial charge in [-0.05, 0) is 56.6 Å². The molecule has 128 valence electrons. The number of benzene rings is 2. The lowest BCUT2D eigenvalue weighted by molar-refractivity contribution is 0.263. The van der Waals surface area contributed by atoms with E-state index in [1.807, 2.05) is 30.3 Å². The fourth-order valence-corrected chi connectivity index (χ4v) is 3.82. The highest BCUT2D eigenvalue weighted by molar-refractivity contribution is 5.83. The summed E-state index contributed by atoms with van der Waals surface area (Å²) in [5.41, 5.74) is 5.13. The highest BCUT2D eigenvalue weighted by Gasteiger charge is 2.20. The van der Waals surface area contributed by atoms with E-state index in [1.54, 1.807) is 0 Å². The molecule has 0 unspecified atom stereocenters. The van der Waals surface area contributed by atoms with Crippen LogP contribution < -0.4 is 0 Å². The van der Waals surface area contributed by atoms with Gasteiger partial charge in [-0.3, -0.25) is 4.90 Å². The predicted molar refractivity (Wildman–Crippen MR) is 102 cm³/mol. The third-order valence-electron chi connectivity index (χ3n) is 5.30. The highest BCUT2D eigenvalue weighted by Crippen LogP contribution is 2.30. The second-order valence-corrected chi connectivity index (χ2v) is 6.89. The molecule has 1 fully saturated rings. The van der Waals surface area contributed by atoms with E-state index in [0.29, 0.717) is 6.04 Å².